The second-order valence-electron chi connectivity index (χ2n) is 5.82. The standard InChI is InChI=1S/C15H18N2O5S/c16-15(19)11-4-3-7-17(11)14(18)8-10-9-23(20,21)13-6-2-1-5-12(13)22-10/h1-2,5-6,10-11H,3-4,7-9H2,(H2,16,19)/t10?,11-/m0/s1. The molecule has 1 unspecified atom stereocenters. The van der Waals surface area contributed by atoms with Crippen molar-refractivity contribution in [2.45, 2.75) is 36.3 Å². The van der Waals surface area contributed by atoms with Gasteiger partial charge < -0.3 is 15.4 Å². The molecule has 0 radical (unpaired) electrons. The third-order valence-electron chi connectivity index (χ3n) is 4.19. The molecule has 2 aliphatic heterocycles. The fourth-order valence-electron chi connectivity index (χ4n) is 3.13. The second-order valence-corrected chi connectivity index (χ2v) is 7.82. The molecule has 2 heterocycles. The summed E-state index contributed by atoms with van der Waals surface area (Å²) in [6.45, 7) is 0.461. The van der Waals surface area contributed by atoms with Crippen molar-refractivity contribution in [3.05, 3.63) is 24.3 Å². The van der Waals surface area contributed by atoms with Crippen molar-refractivity contribution < 1.29 is 22.7 Å². The Morgan fingerprint density at radius 1 is 1.30 bits per heavy atom. The van der Waals surface area contributed by atoms with Gasteiger partial charge in [-0.2, -0.15) is 0 Å². The number of amides is 2. The molecule has 0 aliphatic carbocycles. The number of rotatable bonds is 3. The first-order valence-electron chi connectivity index (χ1n) is 7.46. The number of para-hydroxylation sites is 1. The molecule has 1 fully saturated rings. The number of carbonyl (C=O) groups is 2. The van der Waals surface area contributed by atoms with Crippen LogP contribution in [0.1, 0.15) is 19.3 Å². The lowest BCUT2D eigenvalue weighted by atomic mass is 10.2. The SMILES string of the molecule is NC(=O)[C@@H]1CCCN1C(=O)CC1CS(=O)(=O)c2ccccc2O1. The quantitative estimate of drug-likeness (QED) is 0.840. The van der Waals surface area contributed by atoms with Crippen LogP contribution >= 0.6 is 0 Å². The highest BCUT2D eigenvalue weighted by Crippen LogP contribution is 2.32. The van der Waals surface area contributed by atoms with Gasteiger partial charge in [0.2, 0.25) is 11.8 Å². The van der Waals surface area contributed by atoms with Crippen molar-refractivity contribution in [1.29, 1.82) is 0 Å². The van der Waals surface area contributed by atoms with Crippen molar-refractivity contribution in [3.8, 4) is 5.75 Å². The Bertz CT molecular complexity index is 746. The lowest BCUT2D eigenvalue weighted by molar-refractivity contribution is -0.138. The maximum Gasteiger partial charge on any atom is 0.240 e. The largest absolute Gasteiger partial charge is 0.487 e. The molecule has 0 bridgehead atoms. The summed E-state index contributed by atoms with van der Waals surface area (Å²) in [7, 11) is -3.48. The Morgan fingerprint density at radius 2 is 2.04 bits per heavy atom. The molecule has 23 heavy (non-hydrogen) atoms. The molecule has 7 nitrogen and oxygen atoms in total. The van der Waals surface area contributed by atoms with Crippen LogP contribution in [-0.2, 0) is 19.4 Å². The van der Waals surface area contributed by atoms with E-state index in [2.05, 4.69) is 0 Å². The van der Waals surface area contributed by atoms with E-state index in [1.54, 1.807) is 18.2 Å². The molecule has 0 aromatic heterocycles. The first kappa shape index (κ1) is 15.8. The minimum absolute atomic E-state index is 0.0860. The molecule has 0 spiro atoms. The average Bonchev–Trinajstić information content (AvgIpc) is 2.96. The topological polar surface area (TPSA) is 107 Å². The highest BCUT2D eigenvalue weighted by molar-refractivity contribution is 7.91. The van der Waals surface area contributed by atoms with Gasteiger partial charge in [0.25, 0.3) is 0 Å². The van der Waals surface area contributed by atoms with Gasteiger partial charge in [0.15, 0.2) is 9.84 Å². The number of nitrogens with zero attached hydrogens (tertiary/aromatic N) is 1. The van der Waals surface area contributed by atoms with Gasteiger partial charge in [0.1, 0.15) is 22.8 Å². The minimum Gasteiger partial charge on any atom is -0.487 e. The van der Waals surface area contributed by atoms with E-state index >= 15 is 0 Å². The monoisotopic (exact) mass is 338 g/mol. The lowest BCUT2D eigenvalue weighted by Crippen LogP contribution is -2.46. The minimum atomic E-state index is -3.48. The first-order valence-corrected chi connectivity index (χ1v) is 9.11. The smallest absolute Gasteiger partial charge is 0.240 e. The van der Waals surface area contributed by atoms with E-state index < -0.39 is 27.9 Å². The zero-order valence-corrected chi connectivity index (χ0v) is 13.3. The van der Waals surface area contributed by atoms with Crippen LogP contribution in [0.2, 0.25) is 0 Å². The van der Waals surface area contributed by atoms with Crippen LogP contribution in [0.3, 0.4) is 0 Å². The summed E-state index contributed by atoms with van der Waals surface area (Å²) >= 11 is 0. The Hall–Kier alpha value is -2.09. The summed E-state index contributed by atoms with van der Waals surface area (Å²) in [5.41, 5.74) is 5.31. The summed E-state index contributed by atoms with van der Waals surface area (Å²) in [6, 6.07) is 5.78. The second kappa shape index (κ2) is 5.84. The summed E-state index contributed by atoms with van der Waals surface area (Å²) in [4.78, 5) is 25.4. The third-order valence-corrected chi connectivity index (χ3v) is 6.01. The Balaban J connectivity index is 1.75. The number of fused-ring (bicyclic) bond motifs is 1. The molecule has 8 heteroatoms. The molecular weight excluding hydrogens is 320 g/mol. The number of nitrogens with two attached hydrogens (primary N) is 1. The summed E-state index contributed by atoms with van der Waals surface area (Å²) < 4.78 is 30.2. The summed E-state index contributed by atoms with van der Waals surface area (Å²) in [5, 5.41) is 0. The van der Waals surface area contributed by atoms with Crippen molar-refractivity contribution in [1.82, 2.24) is 4.90 Å². The number of carbonyl (C=O) groups excluding carboxylic acids is 2. The lowest BCUT2D eigenvalue weighted by Gasteiger charge is -2.28. The van der Waals surface area contributed by atoms with Gasteiger partial charge in [-0.25, -0.2) is 8.42 Å². The van der Waals surface area contributed by atoms with Crippen LogP contribution in [0, 0.1) is 0 Å². The molecule has 3 rings (SSSR count). The zero-order valence-electron chi connectivity index (χ0n) is 12.5. The van der Waals surface area contributed by atoms with Gasteiger partial charge in [-0.15, -0.1) is 0 Å². The van der Waals surface area contributed by atoms with E-state index in [0.717, 1.165) is 0 Å². The number of likely N-dealkylation sites (tertiary alicyclic amines) is 1. The molecule has 1 saturated heterocycles. The van der Waals surface area contributed by atoms with E-state index in [4.69, 9.17) is 10.5 Å². The Kier molecular flexibility index (Phi) is 4.01. The molecule has 124 valence electrons. The fraction of sp³-hybridized carbons (Fsp3) is 0.467. The Labute approximate surface area is 134 Å². The van der Waals surface area contributed by atoms with Gasteiger partial charge >= 0.3 is 0 Å². The van der Waals surface area contributed by atoms with Crippen molar-refractivity contribution in [2.24, 2.45) is 5.73 Å². The Morgan fingerprint density at radius 3 is 2.78 bits per heavy atom. The van der Waals surface area contributed by atoms with E-state index in [1.807, 2.05) is 0 Å². The van der Waals surface area contributed by atoms with E-state index in [9.17, 15) is 18.0 Å². The van der Waals surface area contributed by atoms with Crippen molar-refractivity contribution in [2.75, 3.05) is 12.3 Å². The normalized spacial score (nSPS) is 25.5. The van der Waals surface area contributed by atoms with Crippen LogP contribution in [0.4, 0.5) is 0 Å². The predicted molar refractivity (Wildman–Crippen MR) is 81.5 cm³/mol. The third kappa shape index (κ3) is 3.03. The number of hydrogen-bond donors (Lipinski definition) is 1. The molecule has 2 aliphatic rings. The molecule has 2 atom stereocenters. The molecular formula is C15H18N2O5S. The van der Waals surface area contributed by atoms with E-state index in [0.29, 0.717) is 19.4 Å². The maximum absolute atomic E-state index is 12.4. The van der Waals surface area contributed by atoms with Crippen molar-refractivity contribution in [3.63, 3.8) is 0 Å². The van der Waals surface area contributed by atoms with E-state index in [-0.39, 0.29) is 28.7 Å². The van der Waals surface area contributed by atoms with Crippen LogP contribution in [0.5, 0.6) is 5.75 Å². The average molecular weight is 338 g/mol. The van der Waals surface area contributed by atoms with Gasteiger partial charge in [0.05, 0.1) is 12.2 Å². The summed E-state index contributed by atoms with van der Waals surface area (Å²) in [5.74, 6) is -0.807. The fourth-order valence-corrected chi connectivity index (χ4v) is 4.69. The molecule has 1 aromatic rings. The zero-order chi connectivity index (χ0) is 16.6. The van der Waals surface area contributed by atoms with Crippen LogP contribution in [0.25, 0.3) is 0 Å². The number of primary amides is 1. The number of ether oxygens (including phenoxy) is 1. The van der Waals surface area contributed by atoms with Gasteiger partial charge in [-0.05, 0) is 25.0 Å². The number of sulfone groups is 1. The van der Waals surface area contributed by atoms with Crippen molar-refractivity contribution >= 4 is 21.7 Å². The van der Waals surface area contributed by atoms with Crippen LogP contribution < -0.4 is 10.5 Å². The van der Waals surface area contributed by atoms with Gasteiger partial charge in [0, 0.05) is 6.54 Å². The number of hydrogen-bond acceptors (Lipinski definition) is 5. The predicted octanol–water partition coefficient (Wildman–Crippen LogP) is 0.0877. The summed E-state index contributed by atoms with van der Waals surface area (Å²) in [6.07, 6.45) is 0.424. The molecule has 2 amide bonds. The van der Waals surface area contributed by atoms with Gasteiger partial charge in [-0.3, -0.25) is 9.59 Å². The van der Waals surface area contributed by atoms with Crippen LogP contribution in [-0.4, -0.2) is 49.6 Å². The number of benzene rings is 1. The first-order chi connectivity index (χ1) is 10.9. The maximum atomic E-state index is 12.4. The van der Waals surface area contributed by atoms with Crippen LogP contribution in [0.15, 0.2) is 29.2 Å². The molecule has 1 aromatic carbocycles. The highest BCUT2D eigenvalue weighted by Gasteiger charge is 2.37. The van der Waals surface area contributed by atoms with Gasteiger partial charge in [-0.1, -0.05) is 12.1 Å². The molecule has 0 saturated carbocycles. The van der Waals surface area contributed by atoms with E-state index in [1.165, 1.54) is 11.0 Å². The highest BCUT2D eigenvalue weighted by atomic mass is 32.2. The molecule has 2 N–H and O–H groups in total.